The number of carbonyl (C=O) groups excluding carboxylic acids is 2. The van der Waals surface area contributed by atoms with Crippen LogP contribution in [-0.4, -0.2) is 17.4 Å². The van der Waals surface area contributed by atoms with Crippen molar-refractivity contribution < 1.29 is 9.59 Å². The Morgan fingerprint density at radius 1 is 1.12 bits per heavy atom. The minimum absolute atomic E-state index is 0.682. The van der Waals surface area contributed by atoms with E-state index in [9.17, 15) is 9.59 Å². The van der Waals surface area contributed by atoms with Crippen molar-refractivity contribution in [3.05, 3.63) is 89.8 Å². The molecule has 2 N–H and O–H groups in total. The Bertz CT molecular complexity index is 1100. The lowest BCUT2D eigenvalue weighted by Gasteiger charge is -2.09. The van der Waals surface area contributed by atoms with Gasteiger partial charge in [-0.05, 0) is 63.5 Å². The molecule has 5 heteroatoms. The van der Waals surface area contributed by atoms with Crippen molar-refractivity contribution >= 4 is 29.4 Å². The van der Waals surface area contributed by atoms with Gasteiger partial charge >= 0.3 is 0 Å². The first kappa shape index (κ1) is 26.7. The van der Waals surface area contributed by atoms with Crippen LogP contribution in [0.1, 0.15) is 45.7 Å². The molecule has 2 aromatic rings. The molecule has 0 spiro atoms. The third-order valence-electron chi connectivity index (χ3n) is 5.40. The number of rotatable bonds is 7. The predicted octanol–water partition coefficient (Wildman–Crippen LogP) is 6.59. The van der Waals surface area contributed by atoms with Crippen molar-refractivity contribution in [1.82, 2.24) is 9.88 Å². The Kier molecular flexibility index (Phi) is 11.4. The number of aryl methyl sites for hydroxylation is 1. The summed E-state index contributed by atoms with van der Waals surface area (Å²) in [6, 6.07) is 8.13. The van der Waals surface area contributed by atoms with Gasteiger partial charge in [-0.1, -0.05) is 67.9 Å². The van der Waals surface area contributed by atoms with Gasteiger partial charge in [-0.2, -0.15) is 0 Å². The molecule has 1 aromatic heterocycles. The van der Waals surface area contributed by atoms with Crippen molar-refractivity contribution in [3.8, 4) is 0 Å². The molecule has 2 aliphatic rings. The van der Waals surface area contributed by atoms with Gasteiger partial charge in [-0.15, -0.1) is 0 Å². The molecule has 0 bridgehead atoms. The van der Waals surface area contributed by atoms with E-state index in [1.165, 1.54) is 29.6 Å². The number of nitrogens with one attached hydrogen (secondary N) is 2. The first-order valence-corrected chi connectivity index (χ1v) is 11.8. The summed E-state index contributed by atoms with van der Waals surface area (Å²) < 4.78 is 2.29. The number of allylic oxidation sites excluding steroid dienone is 9. The molecule has 0 radical (unpaired) electrons. The highest BCUT2D eigenvalue weighted by Gasteiger charge is 2.12. The third-order valence-corrected chi connectivity index (χ3v) is 5.40. The molecule has 2 amide bonds. The molecule has 0 saturated heterocycles. The highest BCUT2D eigenvalue weighted by atomic mass is 16.1. The fourth-order valence-corrected chi connectivity index (χ4v) is 3.26. The monoisotopic (exact) mass is 459 g/mol. The van der Waals surface area contributed by atoms with Crippen molar-refractivity contribution in [2.45, 2.75) is 53.5 Å². The van der Waals surface area contributed by atoms with Crippen molar-refractivity contribution in [2.75, 3.05) is 5.32 Å². The van der Waals surface area contributed by atoms with Gasteiger partial charge in [0.15, 0.2) is 0 Å². The van der Waals surface area contributed by atoms with Crippen LogP contribution in [0.3, 0.4) is 0 Å². The van der Waals surface area contributed by atoms with Crippen LogP contribution in [0.5, 0.6) is 0 Å². The zero-order valence-electron chi connectivity index (χ0n) is 20.8. The minimum Gasteiger partial charge on any atom is -0.341 e. The molecule has 0 atom stereocenters. The van der Waals surface area contributed by atoms with Gasteiger partial charge in [0, 0.05) is 34.5 Å². The quantitative estimate of drug-likeness (QED) is 0.362. The molecule has 34 heavy (non-hydrogen) atoms. The van der Waals surface area contributed by atoms with Gasteiger partial charge in [0.2, 0.25) is 12.8 Å². The summed E-state index contributed by atoms with van der Waals surface area (Å²) in [6.07, 6.45) is 21.1. The highest BCUT2D eigenvalue weighted by Crippen LogP contribution is 2.26. The van der Waals surface area contributed by atoms with Crippen molar-refractivity contribution in [1.29, 1.82) is 0 Å². The summed E-state index contributed by atoms with van der Waals surface area (Å²) in [5.74, 6) is 1.08. The zero-order valence-corrected chi connectivity index (χ0v) is 20.8. The Morgan fingerprint density at radius 2 is 1.85 bits per heavy atom. The van der Waals surface area contributed by atoms with Crippen LogP contribution in [0.4, 0.5) is 5.69 Å². The maximum absolute atomic E-state index is 10.5. The van der Waals surface area contributed by atoms with Crippen LogP contribution in [0.2, 0.25) is 0 Å². The van der Waals surface area contributed by atoms with Crippen LogP contribution in [0.15, 0.2) is 84.1 Å². The van der Waals surface area contributed by atoms with Gasteiger partial charge in [0.1, 0.15) is 0 Å². The number of benzene rings is 1. The maximum Gasteiger partial charge on any atom is 0.211 e. The highest BCUT2D eigenvalue weighted by molar-refractivity contribution is 5.87. The molecule has 180 valence electrons. The van der Waals surface area contributed by atoms with E-state index in [-0.39, 0.29) is 0 Å². The molecule has 2 aliphatic carbocycles. The summed E-state index contributed by atoms with van der Waals surface area (Å²) in [7, 11) is 0. The van der Waals surface area contributed by atoms with E-state index in [1.54, 1.807) is 0 Å². The van der Waals surface area contributed by atoms with Crippen LogP contribution >= 0.6 is 0 Å². The Morgan fingerprint density at radius 3 is 2.50 bits per heavy atom. The number of hydrogen-bond donors (Lipinski definition) is 2. The van der Waals surface area contributed by atoms with Gasteiger partial charge in [-0.25, -0.2) is 0 Å². The first-order valence-electron chi connectivity index (χ1n) is 11.8. The van der Waals surface area contributed by atoms with E-state index < -0.39 is 0 Å². The molecule has 5 nitrogen and oxygen atoms in total. The molecule has 0 unspecified atom stereocenters. The Balaban J connectivity index is 0.000000239. The van der Waals surface area contributed by atoms with E-state index >= 15 is 0 Å². The smallest absolute Gasteiger partial charge is 0.211 e. The fourth-order valence-electron chi connectivity index (χ4n) is 3.26. The van der Waals surface area contributed by atoms with E-state index in [2.05, 4.69) is 60.3 Å². The van der Waals surface area contributed by atoms with Crippen LogP contribution in [-0.2, 0) is 16.1 Å². The van der Waals surface area contributed by atoms with E-state index in [4.69, 9.17) is 0 Å². The van der Waals surface area contributed by atoms with Crippen LogP contribution < -0.4 is 10.6 Å². The minimum atomic E-state index is 0.682. The van der Waals surface area contributed by atoms with Gasteiger partial charge in [-0.3, -0.25) is 9.59 Å². The van der Waals surface area contributed by atoms with E-state index in [1.807, 2.05) is 55.5 Å². The van der Waals surface area contributed by atoms with E-state index in [0.717, 1.165) is 35.7 Å². The summed E-state index contributed by atoms with van der Waals surface area (Å²) in [5, 5.41) is 6.41. The standard InChI is InChI=1S/C17H20N2O.C8H9NO.C4H8/c1-4-5-6-13(2)11-19-14(3)9-15-10-16(18-12-20)7-8-17(15)19;10-7-9-8-5-3-1-2-4-6-8;1-4-2-3-4/h4-10,12H,11H2,1-3H3,(H,18,20);1-3,5-7H,4H2,(H,9,10);4H,2-3H2,1H3/b5-4-,13-6+;;. The molecular formula is C29H37N3O2. The Hall–Kier alpha value is -3.60. The van der Waals surface area contributed by atoms with E-state index in [0.29, 0.717) is 12.8 Å². The number of hydrogen-bond acceptors (Lipinski definition) is 2. The predicted molar refractivity (Wildman–Crippen MR) is 144 cm³/mol. The molecule has 1 fully saturated rings. The molecule has 1 aromatic carbocycles. The molecule has 0 aliphatic heterocycles. The summed E-state index contributed by atoms with van der Waals surface area (Å²) in [6.45, 7) is 9.41. The molecule has 1 heterocycles. The molecular weight excluding hydrogens is 422 g/mol. The third kappa shape index (κ3) is 9.49. The van der Waals surface area contributed by atoms with Gasteiger partial charge < -0.3 is 15.2 Å². The lowest BCUT2D eigenvalue weighted by Crippen LogP contribution is -2.07. The second-order valence-electron chi connectivity index (χ2n) is 8.57. The SMILES string of the molecule is C/C=C\C=C(/C)Cn1c(C)cc2cc(NC=O)ccc21.CC1CC1.O=CNC1=CCC=CC=C1. The average molecular weight is 460 g/mol. The number of anilines is 1. The molecule has 4 rings (SSSR count). The largest absolute Gasteiger partial charge is 0.341 e. The topological polar surface area (TPSA) is 63.1 Å². The number of carbonyl (C=O) groups is 2. The van der Waals surface area contributed by atoms with Crippen LogP contribution in [0, 0.1) is 12.8 Å². The summed E-state index contributed by atoms with van der Waals surface area (Å²) in [5.41, 5.74) is 5.40. The summed E-state index contributed by atoms with van der Waals surface area (Å²) in [4.78, 5) is 20.5. The lowest BCUT2D eigenvalue weighted by molar-refractivity contribution is -0.109. The maximum atomic E-state index is 10.5. The lowest BCUT2D eigenvalue weighted by atomic mass is 10.2. The summed E-state index contributed by atoms with van der Waals surface area (Å²) >= 11 is 0. The number of nitrogens with zero attached hydrogens (tertiary/aromatic N) is 1. The average Bonchev–Trinajstić information content (AvgIpc) is 3.60. The fraction of sp³-hybridized carbons (Fsp3) is 0.310. The van der Waals surface area contributed by atoms with Crippen LogP contribution in [0.25, 0.3) is 10.9 Å². The van der Waals surface area contributed by atoms with Crippen molar-refractivity contribution in [3.63, 3.8) is 0 Å². The van der Waals surface area contributed by atoms with Crippen molar-refractivity contribution in [2.24, 2.45) is 5.92 Å². The van der Waals surface area contributed by atoms with Gasteiger partial charge in [0.05, 0.1) is 0 Å². The first-order chi connectivity index (χ1) is 16.5. The zero-order chi connectivity index (χ0) is 24.8. The number of fused-ring (bicyclic) bond motifs is 1. The Labute approximate surface area is 203 Å². The second-order valence-corrected chi connectivity index (χ2v) is 8.57. The van der Waals surface area contributed by atoms with Gasteiger partial charge in [0.25, 0.3) is 0 Å². The normalized spacial score (nSPS) is 14.9. The number of amides is 2. The number of aromatic nitrogens is 1. The molecule has 1 saturated carbocycles. The second kappa shape index (κ2) is 14.5.